The third kappa shape index (κ3) is 5.62. The zero-order valence-electron chi connectivity index (χ0n) is 23.2. The van der Waals surface area contributed by atoms with Crippen molar-refractivity contribution >= 4 is 28.8 Å². The number of anilines is 2. The van der Waals surface area contributed by atoms with Gasteiger partial charge in [-0.2, -0.15) is 0 Å². The van der Waals surface area contributed by atoms with Crippen LogP contribution in [0.5, 0.6) is 11.5 Å². The SMILES string of the molecule is CCCOc1ccc(/C(O)=C2/C(=O)C(=O)N(c3ccccc3OCCC)C2c2ccc(N(C)C)cc2)cc1C. The number of carbonyl (C=O) groups is 2. The fourth-order valence-electron chi connectivity index (χ4n) is 4.67. The van der Waals surface area contributed by atoms with E-state index in [1.54, 1.807) is 36.4 Å². The molecule has 1 unspecified atom stereocenters. The summed E-state index contributed by atoms with van der Waals surface area (Å²) in [4.78, 5) is 30.6. The van der Waals surface area contributed by atoms with Gasteiger partial charge in [0.15, 0.2) is 0 Å². The maximum absolute atomic E-state index is 13.6. The minimum atomic E-state index is -0.844. The Balaban J connectivity index is 1.89. The van der Waals surface area contributed by atoms with Crippen molar-refractivity contribution in [3.05, 3.63) is 89.0 Å². The summed E-state index contributed by atoms with van der Waals surface area (Å²) in [6.45, 7) is 6.97. The van der Waals surface area contributed by atoms with E-state index in [0.29, 0.717) is 41.5 Å². The Hall–Kier alpha value is -4.26. The predicted molar refractivity (Wildman–Crippen MR) is 155 cm³/mol. The number of nitrogens with zero attached hydrogens (tertiary/aromatic N) is 2. The van der Waals surface area contributed by atoms with Crippen molar-refractivity contribution in [1.29, 1.82) is 0 Å². The normalized spacial score (nSPS) is 16.4. The lowest BCUT2D eigenvalue weighted by molar-refractivity contribution is -0.132. The van der Waals surface area contributed by atoms with E-state index in [9.17, 15) is 14.7 Å². The highest BCUT2D eigenvalue weighted by Gasteiger charge is 2.47. The first-order valence-electron chi connectivity index (χ1n) is 13.3. The molecule has 39 heavy (non-hydrogen) atoms. The maximum atomic E-state index is 13.6. The molecular formula is C32H36N2O5. The third-order valence-corrected chi connectivity index (χ3v) is 6.67. The molecule has 7 nitrogen and oxygen atoms in total. The summed E-state index contributed by atoms with van der Waals surface area (Å²) >= 11 is 0. The van der Waals surface area contributed by atoms with Crippen LogP contribution in [-0.2, 0) is 9.59 Å². The molecule has 204 valence electrons. The molecule has 1 heterocycles. The van der Waals surface area contributed by atoms with E-state index in [1.165, 1.54) is 4.90 Å². The lowest BCUT2D eigenvalue weighted by Crippen LogP contribution is -2.30. The van der Waals surface area contributed by atoms with Gasteiger partial charge in [-0.25, -0.2) is 0 Å². The monoisotopic (exact) mass is 528 g/mol. The minimum Gasteiger partial charge on any atom is -0.507 e. The molecule has 1 amide bonds. The van der Waals surface area contributed by atoms with Crippen LogP contribution in [0.4, 0.5) is 11.4 Å². The molecule has 1 saturated heterocycles. The Morgan fingerprint density at radius 2 is 1.54 bits per heavy atom. The van der Waals surface area contributed by atoms with Gasteiger partial charge in [0, 0.05) is 25.3 Å². The maximum Gasteiger partial charge on any atom is 0.300 e. The molecule has 0 saturated carbocycles. The van der Waals surface area contributed by atoms with Gasteiger partial charge in [0.2, 0.25) is 0 Å². The van der Waals surface area contributed by atoms with Crippen molar-refractivity contribution in [2.24, 2.45) is 0 Å². The number of amides is 1. The van der Waals surface area contributed by atoms with E-state index >= 15 is 0 Å². The molecule has 3 aromatic carbocycles. The van der Waals surface area contributed by atoms with E-state index in [2.05, 4.69) is 0 Å². The van der Waals surface area contributed by atoms with Gasteiger partial charge in [-0.05, 0) is 73.4 Å². The summed E-state index contributed by atoms with van der Waals surface area (Å²) < 4.78 is 11.7. The number of ether oxygens (including phenoxy) is 2. The van der Waals surface area contributed by atoms with Gasteiger partial charge in [-0.1, -0.05) is 38.1 Å². The number of carbonyl (C=O) groups excluding carboxylic acids is 2. The smallest absolute Gasteiger partial charge is 0.300 e. The van der Waals surface area contributed by atoms with Gasteiger partial charge in [0.1, 0.15) is 17.3 Å². The van der Waals surface area contributed by atoms with Gasteiger partial charge >= 0.3 is 0 Å². The highest BCUT2D eigenvalue weighted by molar-refractivity contribution is 6.52. The molecule has 0 bridgehead atoms. The van der Waals surface area contributed by atoms with Crippen LogP contribution >= 0.6 is 0 Å². The Bertz CT molecular complexity index is 1380. The van der Waals surface area contributed by atoms with Crippen molar-refractivity contribution in [3.63, 3.8) is 0 Å². The first-order valence-corrected chi connectivity index (χ1v) is 13.3. The summed E-state index contributed by atoms with van der Waals surface area (Å²) in [5.41, 5.74) is 3.46. The average molecular weight is 529 g/mol. The second kappa shape index (κ2) is 12.1. The number of aliphatic hydroxyl groups excluding tert-OH is 1. The average Bonchev–Trinajstić information content (AvgIpc) is 3.20. The first-order chi connectivity index (χ1) is 18.8. The molecule has 0 spiro atoms. The number of ketones is 1. The number of benzene rings is 3. The topological polar surface area (TPSA) is 79.3 Å². The molecule has 1 N–H and O–H groups in total. The Morgan fingerprint density at radius 3 is 2.15 bits per heavy atom. The fraction of sp³-hybridized carbons (Fsp3) is 0.312. The molecule has 1 atom stereocenters. The van der Waals surface area contributed by atoms with E-state index in [1.807, 2.05) is 70.1 Å². The molecule has 0 aliphatic carbocycles. The number of rotatable bonds is 10. The molecule has 1 fully saturated rings. The number of hydrogen-bond acceptors (Lipinski definition) is 6. The summed E-state index contributed by atoms with van der Waals surface area (Å²) in [5.74, 6) is -0.473. The van der Waals surface area contributed by atoms with Gasteiger partial charge in [0.05, 0.1) is 30.5 Å². The van der Waals surface area contributed by atoms with Crippen LogP contribution in [0.25, 0.3) is 5.76 Å². The quantitative estimate of drug-likeness (QED) is 0.190. The van der Waals surface area contributed by atoms with Gasteiger partial charge in [0.25, 0.3) is 11.7 Å². The van der Waals surface area contributed by atoms with Gasteiger partial charge in [-0.3, -0.25) is 14.5 Å². The van der Waals surface area contributed by atoms with Crippen LogP contribution in [0.2, 0.25) is 0 Å². The molecular weight excluding hydrogens is 492 g/mol. The second-order valence-electron chi connectivity index (χ2n) is 9.80. The number of aryl methyl sites for hydroxylation is 1. The number of Topliss-reactive ketones (excluding diaryl/α,β-unsaturated/α-hetero) is 1. The van der Waals surface area contributed by atoms with Gasteiger partial charge in [-0.15, -0.1) is 0 Å². The number of aliphatic hydroxyl groups is 1. The van der Waals surface area contributed by atoms with Crippen LogP contribution in [0, 0.1) is 6.92 Å². The summed E-state index contributed by atoms with van der Waals surface area (Å²) in [6.07, 6.45) is 1.67. The molecule has 4 rings (SSSR count). The Kier molecular flexibility index (Phi) is 8.59. The zero-order chi connectivity index (χ0) is 28.1. The number of para-hydroxylation sites is 2. The van der Waals surface area contributed by atoms with Crippen LogP contribution < -0.4 is 19.3 Å². The van der Waals surface area contributed by atoms with Crippen molar-refractivity contribution in [2.75, 3.05) is 37.1 Å². The van der Waals surface area contributed by atoms with Gasteiger partial charge < -0.3 is 19.5 Å². The predicted octanol–water partition coefficient (Wildman–Crippen LogP) is 6.26. The second-order valence-corrected chi connectivity index (χ2v) is 9.80. The highest BCUT2D eigenvalue weighted by Crippen LogP contribution is 2.45. The van der Waals surface area contributed by atoms with Crippen molar-refractivity contribution in [2.45, 2.75) is 39.7 Å². The summed E-state index contributed by atoms with van der Waals surface area (Å²) in [7, 11) is 3.89. The molecule has 1 aliphatic rings. The Morgan fingerprint density at radius 1 is 0.897 bits per heavy atom. The van der Waals surface area contributed by atoms with E-state index in [-0.39, 0.29) is 11.3 Å². The minimum absolute atomic E-state index is 0.0320. The van der Waals surface area contributed by atoms with E-state index in [4.69, 9.17) is 9.47 Å². The first kappa shape index (κ1) is 27.8. The number of hydrogen-bond donors (Lipinski definition) is 1. The highest BCUT2D eigenvalue weighted by atomic mass is 16.5. The fourth-order valence-corrected chi connectivity index (χ4v) is 4.67. The Labute approximate surface area is 230 Å². The van der Waals surface area contributed by atoms with Crippen molar-refractivity contribution < 1.29 is 24.2 Å². The summed E-state index contributed by atoms with van der Waals surface area (Å²) in [5, 5.41) is 11.5. The van der Waals surface area contributed by atoms with Crippen LogP contribution in [0.15, 0.2) is 72.3 Å². The molecule has 1 aliphatic heterocycles. The molecule has 3 aromatic rings. The molecule has 0 radical (unpaired) electrons. The van der Waals surface area contributed by atoms with Crippen molar-refractivity contribution in [3.8, 4) is 11.5 Å². The zero-order valence-corrected chi connectivity index (χ0v) is 23.2. The van der Waals surface area contributed by atoms with Crippen LogP contribution in [-0.4, -0.2) is 44.1 Å². The molecule has 7 heteroatoms. The summed E-state index contributed by atoms with van der Waals surface area (Å²) in [6, 6.07) is 19.2. The van der Waals surface area contributed by atoms with Crippen LogP contribution in [0.1, 0.15) is 49.4 Å². The molecule has 0 aromatic heterocycles. The largest absolute Gasteiger partial charge is 0.507 e. The van der Waals surface area contributed by atoms with Crippen molar-refractivity contribution in [1.82, 2.24) is 0 Å². The van der Waals surface area contributed by atoms with E-state index in [0.717, 1.165) is 24.1 Å². The standard InChI is InChI=1S/C32H36N2O5/c1-6-18-38-26-17-14-23(20-21(26)3)30(35)28-29(22-12-15-24(16-13-22)33(4)5)34(32(37)31(28)36)25-10-8-9-11-27(25)39-19-7-2/h8-17,20,29,35H,6-7,18-19H2,1-5H3/b30-28-. The lowest BCUT2D eigenvalue weighted by atomic mass is 9.94. The van der Waals surface area contributed by atoms with Crippen LogP contribution in [0.3, 0.4) is 0 Å². The third-order valence-electron chi connectivity index (χ3n) is 6.67. The van der Waals surface area contributed by atoms with E-state index < -0.39 is 17.7 Å². The lowest BCUT2D eigenvalue weighted by Gasteiger charge is -2.27.